The number of hydrogen-bond acceptors (Lipinski definition) is 2. The lowest BCUT2D eigenvalue weighted by molar-refractivity contribution is -0.00000605. The van der Waals surface area contributed by atoms with Gasteiger partial charge in [0.15, 0.2) is 0 Å². The highest BCUT2D eigenvalue weighted by atomic mass is 32.2. The van der Waals surface area contributed by atoms with Gasteiger partial charge in [-0.05, 0) is 0 Å². The van der Waals surface area contributed by atoms with Crippen molar-refractivity contribution >= 4 is 10.3 Å². The molecule has 5 nitrogen and oxygen atoms in total. The van der Waals surface area contributed by atoms with Crippen LogP contribution in [-0.4, -0.2) is 13.0 Å². The van der Waals surface area contributed by atoms with Crippen LogP contribution in [-0.2, 0) is 10.3 Å². The zero-order chi connectivity index (χ0) is 4.50. The minimum atomic E-state index is -4.17. The first-order chi connectivity index (χ1) is 2.00. The Labute approximate surface area is 40.3 Å². The zero-order valence-corrected chi connectivity index (χ0v) is 4.44. The standard InChI is InChI=1S/FH.H3NO3S.H3N/c;1-5(2,3)4;/h1H;(H3,1,2,3,4);1H3. The van der Waals surface area contributed by atoms with Gasteiger partial charge in [-0.1, -0.05) is 0 Å². The topological polar surface area (TPSA) is 117 Å². The maximum absolute atomic E-state index is 8.97. The monoisotopic (exact) mass is 134 g/mol. The van der Waals surface area contributed by atoms with Crippen LogP contribution in [0.1, 0.15) is 0 Å². The molecule has 0 saturated heterocycles. The summed E-state index contributed by atoms with van der Waals surface area (Å²) in [5, 5.41) is 3.88. The van der Waals surface area contributed by atoms with Crippen LogP contribution in [0.4, 0.5) is 0 Å². The van der Waals surface area contributed by atoms with E-state index in [0.29, 0.717) is 0 Å². The Balaban J connectivity index is -0.0000000800. The molecule has 0 aromatic carbocycles. The lowest BCUT2D eigenvalue weighted by atomic mass is 13.9. The quantitative estimate of drug-likeness (QED) is 0.294. The molecule has 7 N–H and O–H groups in total. The highest BCUT2D eigenvalue weighted by Gasteiger charge is 1.81. The molecule has 0 atom stereocenters. The molecule has 0 unspecified atom stereocenters. The van der Waals surface area contributed by atoms with E-state index in [2.05, 4.69) is 5.14 Å². The first-order valence-electron chi connectivity index (χ1n) is 0.752. The maximum Gasteiger partial charge on any atom is 0.330 e. The molecular weight excluding hydrogens is 127 g/mol. The first kappa shape index (κ1) is 15.9. The van der Waals surface area contributed by atoms with Gasteiger partial charge in [-0.15, -0.1) is 0 Å². The molecule has 0 heterocycles. The van der Waals surface area contributed by atoms with Crippen molar-refractivity contribution < 1.29 is 17.7 Å². The van der Waals surface area contributed by atoms with Gasteiger partial charge in [0.25, 0.3) is 0 Å². The molecule has 0 saturated carbocycles. The molecule has 0 fully saturated rings. The largest absolute Gasteiger partial charge is 1.00 e. The molecule has 0 amide bonds. The van der Waals surface area contributed by atoms with E-state index in [0.717, 1.165) is 0 Å². The molecule has 0 aromatic rings. The fourth-order valence-corrected chi connectivity index (χ4v) is 0. The molecule has 0 rings (SSSR count). The van der Waals surface area contributed by atoms with E-state index in [1.165, 1.54) is 0 Å². The Kier molecular flexibility index (Phi) is 8.91. The highest BCUT2D eigenvalue weighted by molar-refractivity contribution is 7.83. The van der Waals surface area contributed by atoms with Gasteiger partial charge >= 0.3 is 10.3 Å². The van der Waals surface area contributed by atoms with Gasteiger partial charge in [-0.25, -0.2) is 5.14 Å². The van der Waals surface area contributed by atoms with Crippen molar-refractivity contribution in [1.82, 2.24) is 6.15 Å². The smallest absolute Gasteiger partial charge is 0.330 e. The van der Waals surface area contributed by atoms with Crippen LogP contribution in [0.15, 0.2) is 0 Å². The van der Waals surface area contributed by atoms with Gasteiger partial charge in [0.05, 0.1) is 0 Å². The third-order valence-electron chi connectivity index (χ3n) is 0. The summed E-state index contributed by atoms with van der Waals surface area (Å²) >= 11 is 0. The highest BCUT2D eigenvalue weighted by Crippen LogP contribution is 1.50. The number of quaternary nitrogens is 1. The minimum absolute atomic E-state index is 0. The molecule has 7 heteroatoms. The number of halogens is 1. The Morgan fingerprint density at radius 2 is 1.43 bits per heavy atom. The fourth-order valence-electron chi connectivity index (χ4n) is 0. The van der Waals surface area contributed by atoms with E-state index < -0.39 is 10.3 Å². The van der Waals surface area contributed by atoms with Gasteiger partial charge < -0.3 is 10.9 Å². The summed E-state index contributed by atoms with van der Waals surface area (Å²) in [7, 11) is -4.17. The average Bonchev–Trinajstić information content (AvgIpc) is 0.722. The second kappa shape index (κ2) is 3.93. The van der Waals surface area contributed by atoms with Crippen molar-refractivity contribution in [1.29, 1.82) is 0 Å². The van der Waals surface area contributed by atoms with Crippen LogP contribution in [0.3, 0.4) is 0 Å². The van der Waals surface area contributed by atoms with E-state index in [-0.39, 0.29) is 10.9 Å². The predicted octanol–water partition coefficient (Wildman–Crippen LogP) is -3.87. The summed E-state index contributed by atoms with van der Waals surface area (Å²) in [5.74, 6) is 0. The minimum Gasteiger partial charge on any atom is -1.00 e. The summed E-state index contributed by atoms with van der Waals surface area (Å²) in [6.07, 6.45) is 0. The molecule has 0 aliphatic carbocycles. The third kappa shape index (κ3) is 1410. The fraction of sp³-hybridized carbons (Fsp3) is 0. The van der Waals surface area contributed by atoms with Crippen molar-refractivity contribution in [3.8, 4) is 0 Å². The lowest BCUT2D eigenvalue weighted by Gasteiger charge is -1.70. The number of hydrogen-bond donors (Lipinski definition) is 3. The van der Waals surface area contributed by atoms with Gasteiger partial charge in [-0.2, -0.15) is 8.42 Å². The summed E-state index contributed by atoms with van der Waals surface area (Å²) in [6.45, 7) is 0. The molecule has 7 heavy (non-hydrogen) atoms. The Bertz CT molecular complexity index is 96.1. The third-order valence-corrected chi connectivity index (χ3v) is 0. The van der Waals surface area contributed by atoms with Crippen molar-refractivity contribution in [3.05, 3.63) is 0 Å². The summed E-state index contributed by atoms with van der Waals surface area (Å²) in [6, 6.07) is 0. The van der Waals surface area contributed by atoms with Crippen LogP contribution in [0.2, 0.25) is 0 Å². The zero-order valence-electron chi connectivity index (χ0n) is 3.63. The Morgan fingerprint density at radius 3 is 1.43 bits per heavy atom. The van der Waals surface area contributed by atoms with Crippen LogP contribution in [0.25, 0.3) is 0 Å². The molecular formula is H7FN2O3S. The lowest BCUT2D eigenvalue weighted by Crippen LogP contribution is -3.00. The molecule has 0 radical (unpaired) electrons. The summed E-state index contributed by atoms with van der Waals surface area (Å²) in [4.78, 5) is 0. The van der Waals surface area contributed by atoms with E-state index in [1.54, 1.807) is 0 Å². The van der Waals surface area contributed by atoms with E-state index >= 15 is 0 Å². The van der Waals surface area contributed by atoms with Gasteiger partial charge in [0, 0.05) is 0 Å². The molecule has 0 aliphatic heterocycles. The normalized spacial score (nSPS) is 8.29. The number of rotatable bonds is 0. The SMILES string of the molecule is NS(=O)(=O)O.[F-].[NH4+]. The van der Waals surface area contributed by atoms with E-state index in [4.69, 9.17) is 13.0 Å². The first-order valence-corrected chi connectivity index (χ1v) is 2.25. The van der Waals surface area contributed by atoms with Gasteiger partial charge in [0.2, 0.25) is 0 Å². The van der Waals surface area contributed by atoms with E-state index in [9.17, 15) is 0 Å². The Morgan fingerprint density at radius 1 is 1.43 bits per heavy atom. The van der Waals surface area contributed by atoms with Crippen molar-refractivity contribution in [2.24, 2.45) is 5.14 Å². The molecule has 0 bridgehead atoms. The van der Waals surface area contributed by atoms with Crippen LogP contribution in [0.5, 0.6) is 0 Å². The average molecular weight is 134 g/mol. The van der Waals surface area contributed by atoms with Crippen LogP contribution >= 0.6 is 0 Å². The molecule has 0 spiro atoms. The van der Waals surface area contributed by atoms with Gasteiger partial charge in [-0.3, -0.25) is 4.55 Å². The molecule has 0 aliphatic rings. The molecule has 0 aromatic heterocycles. The second-order valence-corrected chi connectivity index (χ2v) is 1.54. The van der Waals surface area contributed by atoms with Crippen molar-refractivity contribution in [2.75, 3.05) is 0 Å². The summed E-state index contributed by atoms with van der Waals surface area (Å²) < 4.78 is 25.2. The van der Waals surface area contributed by atoms with Gasteiger partial charge in [0.1, 0.15) is 0 Å². The summed E-state index contributed by atoms with van der Waals surface area (Å²) in [5.41, 5.74) is 0. The van der Waals surface area contributed by atoms with Crippen molar-refractivity contribution in [3.63, 3.8) is 0 Å². The predicted molar refractivity (Wildman–Crippen MR) is 21.7 cm³/mol. The number of nitrogens with two attached hydrogens (primary N) is 1. The maximum atomic E-state index is 8.97. The van der Waals surface area contributed by atoms with Crippen molar-refractivity contribution in [2.45, 2.75) is 0 Å². The van der Waals surface area contributed by atoms with Crippen LogP contribution < -0.4 is 16.0 Å². The van der Waals surface area contributed by atoms with Crippen LogP contribution in [0, 0.1) is 0 Å². The second-order valence-electron chi connectivity index (χ2n) is 0.515. The molecule has 48 valence electrons. The van der Waals surface area contributed by atoms with E-state index in [1.807, 2.05) is 0 Å². The Hall–Kier alpha value is -0.240.